The molecule has 0 aromatic rings. The summed E-state index contributed by atoms with van der Waals surface area (Å²) in [6.07, 6.45) is 0. The number of hydrogen-bond donors (Lipinski definition) is 1. The van der Waals surface area contributed by atoms with Crippen LogP contribution in [0, 0.1) is 0 Å². The topological polar surface area (TPSA) is 64.6 Å². The molecule has 1 amide bonds. The van der Waals surface area contributed by atoms with Crippen molar-refractivity contribution in [3.8, 4) is 0 Å². The maximum Gasteiger partial charge on any atom is 0.325 e. The predicted molar refractivity (Wildman–Crippen MR) is 61.7 cm³/mol. The Morgan fingerprint density at radius 3 is 2.67 bits per heavy atom. The van der Waals surface area contributed by atoms with Crippen molar-refractivity contribution in [1.29, 1.82) is 0 Å². The SMILES string of the molecule is CCOC(=S)SCC(=O)NCC(=O)OC. The van der Waals surface area contributed by atoms with Gasteiger partial charge in [0.1, 0.15) is 6.54 Å². The summed E-state index contributed by atoms with van der Waals surface area (Å²) in [7, 11) is 1.26. The van der Waals surface area contributed by atoms with Gasteiger partial charge < -0.3 is 14.8 Å². The molecule has 7 heteroatoms. The van der Waals surface area contributed by atoms with Crippen molar-refractivity contribution in [2.24, 2.45) is 0 Å². The van der Waals surface area contributed by atoms with Crippen molar-refractivity contribution in [2.75, 3.05) is 26.0 Å². The van der Waals surface area contributed by atoms with Crippen LogP contribution < -0.4 is 5.32 Å². The molecule has 0 unspecified atom stereocenters. The Bertz CT molecular complexity index is 245. The summed E-state index contributed by atoms with van der Waals surface area (Å²) in [5.74, 6) is -0.635. The minimum atomic E-state index is -0.485. The molecule has 0 rings (SSSR count). The zero-order valence-electron chi connectivity index (χ0n) is 8.57. The van der Waals surface area contributed by atoms with Crippen LogP contribution in [0.4, 0.5) is 0 Å². The maximum atomic E-state index is 11.1. The normalized spacial score (nSPS) is 9.20. The Labute approximate surface area is 97.9 Å². The fourth-order valence-electron chi connectivity index (χ4n) is 0.578. The molecule has 0 saturated heterocycles. The van der Waals surface area contributed by atoms with E-state index in [1.165, 1.54) is 7.11 Å². The lowest BCUT2D eigenvalue weighted by Gasteiger charge is -2.04. The quantitative estimate of drug-likeness (QED) is 0.561. The fraction of sp³-hybridized carbons (Fsp3) is 0.625. The second kappa shape index (κ2) is 8.49. The Morgan fingerprint density at radius 1 is 1.47 bits per heavy atom. The Balaban J connectivity index is 3.57. The predicted octanol–water partition coefficient (Wildman–Crippen LogP) is 0.330. The van der Waals surface area contributed by atoms with Crippen LogP contribution in [-0.2, 0) is 19.1 Å². The van der Waals surface area contributed by atoms with Crippen molar-refractivity contribution < 1.29 is 19.1 Å². The largest absolute Gasteiger partial charge is 0.479 e. The van der Waals surface area contributed by atoms with Gasteiger partial charge in [-0.15, -0.1) is 0 Å². The number of esters is 1. The zero-order valence-corrected chi connectivity index (χ0v) is 10.2. The first-order valence-electron chi connectivity index (χ1n) is 4.23. The monoisotopic (exact) mass is 251 g/mol. The van der Waals surface area contributed by atoms with Crippen molar-refractivity contribution >= 4 is 40.2 Å². The lowest BCUT2D eigenvalue weighted by atomic mass is 10.6. The van der Waals surface area contributed by atoms with Gasteiger partial charge in [-0.25, -0.2) is 0 Å². The molecule has 0 aromatic carbocycles. The number of carbonyl (C=O) groups is 2. The molecule has 15 heavy (non-hydrogen) atoms. The van der Waals surface area contributed by atoms with Crippen molar-refractivity contribution in [1.82, 2.24) is 5.32 Å². The minimum absolute atomic E-state index is 0.128. The van der Waals surface area contributed by atoms with E-state index in [-0.39, 0.29) is 18.2 Å². The number of amides is 1. The number of rotatable bonds is 5. The standard InChI is InChI=1S/C8H13NO4S2/c1-3-13-8(14)15-5-6(10)9-4-7(11)12-2/h3-5H2,1-2H3,(H,9,10). The van der Waals surface area contributed by atoms with Crippen molar-refractivity contribution in [3.63, 3.8) is 0 Å². The van der Waals surface area contributed by atoms with Crippen molar-refractivity contribution in [3.05, 3.63) is 0 Å². The molecule has 0 aliphatic heterocycles. The summed E-state index contributed by atoms with van der Waals surface area (Å²) in [5, 5.41) is 2.38. The van der Waals surface area contributed by atoms with Gasteiger partial charge in [-0.2, -0.15) is 0 Å². The van der Waals surface area contributed by atoms with E-state index < -0.39 is 5.97 Å². The number of thioether (sulfide) groups is 1. The van der Waals surface area contributed by atoms with E-state index in [4.69, 9.17) is 17.0 Å². The molecule has 0 aromatic heterocycles. The highest BCUT2D eigenvalue weighted by molar-refractivity contribution is 8.23. The first-order valence-corrected chi connectivity index (χ1v) is 5.62. The first-order chi connectivity index (χ1) is 7.10. The van der Waals surface area contributed by atoms with E-state index in [0.717, 1.165) is 11.8 Å². The third kappa shape index (κ3) is 8.19. The molecule has 5 nitrogen and oxygen atoms in total. The summed E-state index contributed by atoms with van der Waals surface area (Å²) >= 11 is 5.91. The summed E-state index contributed by atoms with van der Waals surface area (Å²) < 4.78 is 9.64. The smallest absolute Gasteiger partial charge is 0.325 e. The number of ether oxygens (including phenoxy) is 2. The van der Waals surface area contributed by atoms with E-state index in [9.17, 15) is 9.59 Å². The van der Waals surface area contributed by atoms with Gasteiger partial charge in [-0.05, 0) is 19.1 Å². The number of nitrogens with one attached hydrogen (secondary N) is 1. The van der Waals surface area contributed by atoms with Crippen LogP contribution in [0.15, 0.2) is 0 Å². The van der Waals surface area contributed by atoms with E-state index >= 15 is 0 Å². The summed E-state index contributed by atoms with van der Waals surface area (Å²) in [6.45, 7) is 2.16. The number of thiocarbonyl (C=S) groups is 1. The van der Waals surface area contributed by atoms with E-state index in [0.29, 0.717) is 11.0 Å². The second-order valence-corrected chi connectivity index (χ2v) is 3.90. The van der Waals surface area contributed by atoms with E-state index in [2.05, 4.69) is 10.1 Å². The van der Waals surface area contributed by atoms with Gasteiger partial charge in [-0.3, -0.25) is 9.59 Å². The molecule has 1 N–H and O–H groups in total. The van der Waals surface area contributed by atoms with Gasteiger partial charge in [-0.1, -0.05) is 11.8 Å². The van der Waals surface area contributed by atoms with Gasteiger partial charge >= 0.3 is 5.97 Å². The van der Waals surface area contributed by atoms with Gasteiger partial charge in [0.05, 0.1) is 19.5 Å². The average molecular weight is 251 g/mol. The summed E-state index contributed by atoms with van der Waals surface area (Å²) in [6, 6.07) is 0. The van der Waals surface area contributed by atoms with Gasteiger partial charge in [0, 0.05) is 0 Å². The lowest BCUT2D eigenvalue weighted by molar-refractivity contribution is -0.140. The van der Waals surface area contributed by atoms with Crippen molar-refractivity contribution in [2.45, 2.75) is 6.92 Å². The zero-order chi connectivity index (χ0) is 11.7. The molecule has 0 saturated carbocycles. The Morgan fingerprint density at radius 2 is 2.13 bits per heavy atom. The maximum absolute atomic E-state index is 11.1. The molecular formula is C8H13NO4S2. The fourth-order valence-corrected chi connectivity index (χ4v) is 1.42. The van der Waals surface area contributed by atoms with Gasteiger partial charge in [0.25, 0.3) is 0 Å². The molecule has 0 heterocycles. The Hall–Kier alpha value is -0.820. The van der Waals surface area contributed by atoms with Crippen LogP contribution in [-0.4, -0.2) is 42.3 Å². The summed E-state index contributed by atoms with van der Waals surface area (Å²) in [5.41, 5.74) is 0. The second-order valence-electron chi connectivity index (χ2n) is 2.32. The lowest BCUT2D eigenvalue weighted by Crippen LogP contribution is -2.31. The Kier molecular flexibility index (Phi) is 8.02. The molecule has 0 atom stereocenters. The first kappa shape index (κ1) is 14.2. The molecule has 0 spiro atoms. The molecule has 0 aliphatic carbocycles. The third-order valence-corrected chi connectivity index (χ3v) is 2.47. The van der Waals surface area contributed by atoms with Crippen LogP contribution in [0.2, 0.25) is 0 Å². The highest BCUT2D eigenvalue weighted by Crippen LogP contribution is 2.04. The van der Waals surface area contributed by atoms with Crippen LogP contribution >= 0.6 is 24.0 Å². The van der Waals surface area contributed by atoms with Crippen LogP contribution in [0.25, 0.3) is 0 Å². The molecular weight excluding hydrogens is 238 g/mol. The number of hydrogen-bond acceptors (Lipinski definition) is 6. The molecule has 0 radical (unpaired) electrons. The number of methoxy groups -OCH3 is 1. The number of carbonyl (C=O) groups excluding carboxylic acids is 2. The summed E-state index contributed by atoms with van der Waals surface area (Å²) in [4.78, 5) is 21.8. The minimum Gasteiger partial charge on any atom is -0.479 e. The van der Waals surface area contributed by atoms with Gasteiger partial charge in [0.15, 0.2) is 0 Å². The molecule has 0 fully saturated rings. The highest BCUT2D eigenvalue weighted by Gasteiger charge is 2.07. The molecule has 0 aliphatic rings. The van der Waals surface area contributed by atoms with Crippen LogP contribution in [0.3, 0.4) is 0 Å². The van der Waals surface area contributed by atoms with Crippen LogP contribution in [0.5, 0.6) is 0 Å². The van der Waals surface area contributed by atoms with E-state index in [1.807, 2.05) is 6.92 Å². The van der Waals surface area contributed by atoms with Crippen LogP contribution in [0.1, 0.15) is 6.92 Å². The average Bonchev–Trinajstić information content (AvgIpc) is 2.23. The highest BCUT2D eigenvalue weighted by atomic mass is 32.2. The molecule has 0 bridgehead atoms. The molecule has 86 valence electrons. The van der Waals surface area contributed by atoms with Gasteiger partial charge in [0.2, 0.25) is 10.3 Å². The third-order valence-electron chi connectivity index (χ3n) is 1.24. The van der Waals surface area contributed by atoms with E-state index in [1.54, 1.807) is 0 Å².